The average molecular weight is 238 g/mol. The van der Waals surface area contributed by atoms with Crippen LogP contribution in [0.15, 0.2) is 0 Å². The number of nitrogens with one attached hydrogen (secondary N) is 1. The van der Waals surface area contributed by atoms with Gasteiger partial charge in [0.25, 0.3) is 5.92 Å². The van der Waals surface area contributed by atoms with Crippen LogP contribution in [0.25, 0.3) is 0 Å². The molecule has 0 spiro atoms. The second kappa shape index (κ2) is 4.54. The van der Waals surface area contributed by atoms with Crippen molar-refractivity contribution in [1.82, 2.24) is 5.32 Å². The summed E-state index contributed by atoms with van der Waals surface area (Å²) in [6, 6.07) is 0.380. The summed E-state index contributed by atoms with van der Waals surface area (Å²) in [6.07, 6.45) is 4.22. The van der Waals surface area contributed by atoms with Gasteiger partial charge in [-0.1, -0.05) is 6.42 Å². The zero-order valence-electron chi connectivity index (χ0n) is 8.82. The van der Waals surface area contributed by atoms with Gasteiger partial charge in [0, 0.05) is 30.3 Å². The van der Waals surface area contributed by atoms with E-state index in [2.05, 4.69) is 5.32 Å². The molecule has 1 nitrogen and oxygen atoms in total. The SMILES string of the molecule is FC1(F)CCCCC1CNC1CC(Cl)C1. The Morgan fingerprint density at radius 1 is 1.27 bits per heavy atom. The smallest absolute Gasteiger partial charge is 0.252 e. The highest BCUT2D eigenvalue weighted by Crippen LogP contribution is 2.38. The number of halogens is 3. The number of rotatable bonds is 3. The van der Waals surface area contributed by atoms with Gasteiger partial charge in [0.1, 0.15) is 0 Å². The summed E-state index contributed by atoms with van der Waals surface area (Å²) in [5, 5.41) is 3.47. The van der Waals surface area contributed by atoms with E-state index in [1.165, 1.54) is 0 Å². The first kappa shape index (κ1) is 11.6. The molecule has 2 saturated carbocycles. The summed E-state index contributed by atoms with van der Waals surface area (Å²) in [5.41, 5.74) is 0. The van der Waals surface area contributed by atoms with Crippen molar-refractivity contribution in [1.29, 1.82) is 0 Å². The Hall–Kier alpha value is 0.110. The zero-order valence-corrected chi connectivity index (χ0v) is 9.57. The van der Waals surface area contributed by atoms with Crippen molar-refractivity contribution in [3.63, 3.8) is 0 Å². The summed E-state index contributed by atoms with van der Waals surface area (Å²) in [4.78, 5) is 0. The van der Waals surface area contributed by atoms with E-state index in [0.717, 1.165) is 19.3 Å². The fourth-order valence-corrected chi connectivity index (χ4v) is 2.87. The third kappa shape index (κ3) is 2.82. The molecule has 88 valence electrons. The van der Waals surface area contributed by atoms with Crippen LogP contribution in [0.5, 0.6) is 0 Å². The Morgan fingerprint density at radius 3 is 2.60 bits per heavy atom. The van der Waals surface area contributed by atoms with Crippen molar-refractivity contribution < 1.29 is 8.78 Å². The Labute approximate surface area is 94.6 Å². The molecule has 0 aromatic rings. The first-order valence-corrected chi connectivity index (χ1v) is 6.27. The van der Waals surface area contributed by atoms with Crippen molar-refractivity contribution in [2.45, 2.75) is 55.9 Å². The summed E-state index contributed by atoms with van der Waals surface area (Å²) in [6.45, 7) is 0.460. The standard InChI is InChI=1S/C11H18ClF2N/c12-9-5-10(6-9)15-7-8-3-1-2-4-11(8,13)14/h8-10,15H,1-7H2. The van der Waals surface area contributed by atoms with Gasteiger partial charge in [0.2, 0.25) is 0 Å². The predicted octanol–water partition coefficient (Wildman–Crippen LogP) is 3.17. The van der Waals surface area contributed by atoms with E-state index in [9.17, 15) is 8.78 Å². The quantitative estimate of drug-likeness (QED) is 0.744. The molecule has 0 aromatic heterocycles. The van der Waals surface area contributed by atoms with E-state index in [0.29, 0.717) is 25.4 Å². The van der Waals surface area contributed by atoms with Crippen LogP contribution >= 0.6 is 11.6 Å². The Balaban J connectivity index is 1.73. The van der Waals surface area contributed by atoms with E-state index < -0.39 is 11.8 Å². The second-order valence-corrected chi connectivity index (χ2v) is 5.49. The van der Waals surface area contributed by atoms with Gasteiger partial charge in [-0.05, 0) is 25.7 Å². The number of hydrogen-bond acceptors (Lipinski definition) is 1. The summed E-state index contributed by atoms with van der Waals surface area (Å²) in [7, 11) is 0. The molecule has 2 fully saturated rings. The van der Waals surface area contributed by atoms with Crippen molar-refractivity contribution in [3.05, 3.63) is 0 Å². The molecular weight excluding hydrogens is 220 g/mol. The zero-order chi connectivity index (χ0) is 10.9. The van der Waals surface area contributed by atoms with Crippen molar-refractivity contribution in [3.8, 4) is 0 Å². The van der Waals surface area contributed by atoms with Crippen LogP contribution in [0.4, 0.5) is 8.78 Å². The largest absolute Gasteiger partial charge is 0.313 e. The van der Waals surface area contributed by atoms with Crippen molar-refractivity contribution in [2.75, 3.05) is 6.54 Å². The van der Waals surface area contributed by atoms with Gasteiger partial charge in [-0.15, -0.1) is 11.6 Å². The van der Waals surface area contributed by atoms with Gasteiger partial charge in [0.15, 0.2) is 0 Å². The summed E-state index contributed by atoms with van der Waals surface area (Å²) < 4.78 is 26.9. The molecule has 1 N–H and O–H groups in total. The lowest BCUT2D eigenvalue weighted by molar-refractivity contribution is -0.0854. The molecule has 1 atom stereocenters. The van der Waals surface area contributed by atoms with E-state index in [-0.39, 0.29) is 11.8 Å². The lowest BCUT2D eigenvalue weighted by Gasteiger charge is -2.36. The van der Waals surface area contributed by atoms with Gasteiger partial charge in [0.05, 0.1) is 0 Å². The number of hydrogen-bond donors (Lipinski definition) is 1. The fraction of sp³-hybridized carbons (Fsp3) is 1.00. The highest BCUT2D eigenvalue weighted by atomic mass is 35.5. The number of alkyl halides is 3. The van der Waals surface area contributed by atoms with Gasteiger partial charge in [-0.25, -0.2) is 8.78 Å². The molecule has 4 heteroatoms. The summed E-state index contributed by atoms with van der Waals surface area (Å²) in [5.74, 6) is -2.91. The highest BCUT2D eigenvalue weighted by molar-refractivity contribution is 6.21. The normalized spacial score (nSPS) is 39.8. The minimum absolute atomic E-state index is 0.0716. The van der Waals surface area contributed by atoms with Crippen LogP contribution < -0.4 is 5.32 Å². The van der Waals surface area contributed by atoms with E-state index in [4.69, 9.17) is 11.6 Å². The maximum absolute atomic E-state index is 13.5. The van der Waals surface area contributed by atoms with Gasteiger partial charge < -0.3 is 5.32 Å². The third-order valence-electron chi connectivity index (χ3n) is 3.64. The van der Waals surface area contributed by atoms with Crippen molar-refractivity contribution in [2.24, 2.45) is 5.92 Å². The predicted molar refractivity (Wildman–Crippen MR) is 57.6 cm³/mol. The molecular formula is C11H18ClF2N. The monoisotopic (exact) mass is 237 g/mol. The van der Waals surface area contributed by atoms with Crippen LogP contribution in [0.3, 0.4) is 0 Å². The Bertz CT molecular complexity index is 217. The molecule has 0 aromatic carbocycles. The highest BCUT2D eigenvalue weighted by Gasteiger charge is 2.41. The molecule has 2 aliphatic carbocycles. The summed E-state index contributed by atoms with van der Waals surface area (Å²) >= 11 is 5.83. The Kier molecular flexibility index (Phi) is 3.51. The third-order valence-corrected chi connectivity index (χ3v) is 4.00. The van der Waals surface area contributed by atoms with Gasteiger partial charge in [-0.2, -0.15) is 0 Å². The maximum atomic E-state index is 13.5. The molecule has 0 amide bonds. The lowest BCUT2D eigenvalue weighted by Crippen LogP contribution is -2.47. The van der Waals surface area contributed by atoms with Crippen molar-refractivity contribution >= 4 is 11.6 Å². The average Bonchev–Trinajstić information content (AvgIpc) is 2.12. The molecule has 2 aliphatic rings. The lowest BCUT2D eigenvalue weighted by atomic mass is 9.84. The second-order valence-electron chi connectivity index (χ2n) is 4.88. The topological polar surface area (TPSA) is 12.0 Å². The molecule has 15 heavy (non-hydrogen) atoms. The first-order valence-electron chi connectivity index (χ1n) is 5.83. The molecule has 0 aliphatic heterocycles. The molecule has 1 unspecified atom stereocenters. The molecule has 0 saturated heterocycles. The maximum Gasteiger partial charge on any atom is 0.252 e. The van der Waals surface area contributed by atoms with Gasteiger partial charge >= 0.3 is 0 Å². The first-order chi connectivity index (χ1) is 7.08. The van der Waals surface area contributed by atoms with E-state index >= 15 is 0 Å². The molecule has 2 rings (SSSR count). The van der Waals surface area contributed by atoms with Crippen LogP contribution in [-0.2, 0) is 0 Å². The Morgan fingerprint density at radius 2 is 2.00 bits per heavy atom. The van der Waals surface area contributed by atoms with Crippen LogP contribution in [-0.4, -0.2) is 23.9 Å². The molecule has 0 heterocycles. The molecule has 0 bridgehead atoms. The van der Waals surface area contributed by atoms with Gasteiger partial charge in [-0.3, -0.25) is 0 Å². The van der Waals surface area contributed by atoms with E-state index in [1.54, 1.807) is 0 Å². The van der Waals surface area contributed by atoms with E-state index in [1.807, 2.05) is 0 Å². The molecule has 0 radical (unpaired) electrons. The minimum atomic E-state index is -2.45. The fourth-order valence-electron chi connectivity index (χ4n) is 2.44. The van der Waals surface area contributed by atoms with Crippen LogP contribution in [0, 0.1) is 5.92 Å². The van der Waals surface area contributed by atoms with Crippen LogP contribution in [0.1, 0.15) is 38.5 Å². The minimum Gasteiger partial charge on any atom is -0.313 e. The van der Waals surface area contributed by atoms with Crippen LogP contribution in [0.2, 0.25) is 0 Å².